The molecule has 0 aliphatic rings. The van der Waals surface area contributed by atoms with Crippen LogP contribution in [0.3, 0.4) is 0 Å². The van der Waals surface area contributed by atoms with Crippen LogP contribution in [0.2, 0.25) is 0 Å². The molecule has 1 atom stereocenters. The van der Waals surface area contributed by atoms with Crippen molar-refractivity contribution in [3.63, 3.8) is 0 Å². The molecule has 0 aliphatic heterocycles. The lowest BCUT2D eigenvalue weighted by Gasteiger charge is -2.08. The lowest BCUT2D eigenvalue weighted by Crippen LogP contribution is -2.06. The van der Waals surface area contributed by atoms with E-state index in [0.29, 0.717) is 0 Å². The van der Waals surface area contributed by atoms with Crippen LogP contribution < -0.4 is 0 Å². The quantitative estimate of drug-likeness (QED) is 0.541. The zero-order valence-corrected chi connectivity index (χ0v) is 14.9. The van der Waals surface area contributed by atoms with Crippen LogP contribution in [-0.4, -0.2) is 11.1 Å². The van der Waals surface area contributed by atoms with Gasteiger partial charge in [-0.3, -0.25) is 0 Å². The number of carbonyl (C=O) groups is 1. The molecule has 24 heavy (non-hydrogen) atoms. The van der Waals surface area contributed by atoms with Crippen molar-refractivity contribution in [2.45, 2.75) is 23.6 Å². The van der Waals surface area contributed by atoms with Crippen LogP contribution in [0.15, 0.2) is 101 Å². The summed E-state index contributed by atoms with van der Waals surface area (Å²) in [5.41, 5.74) is 0.285. The third-order valence-electron chi connectivity index (χ3n) is 3.03. The molecular weight excluding hydrogens is 316 g/mol. The summed E-state index contributed by atoms with van der Waals surface area (Å²) in [7, 11) is -0.332. The summed E-state index contributed by atoms with van der Waals surface area (Å²) in [5.74, 6) is -0.920. The van der Waals surface area contributed by atoms with Gasteiger partial charge < -0.3 is 5.11 Å². The minimum absolute atomic E-state index is 0.285. The number of benzene rings is 2. The number of carboxylic acid groups (broad SMARTS) is 1. The summed E-state index contributed by atoms with van der Waals surface area (Å²) in [4.78, 5) is 14.2. The van der Waals surface area contributed by atoms with Gasteiger partial charge in [0.05, 0.1) is 16.5 Å². The lowest BCUT2D eigenvalue weighted by atomic mass is 10.2. The lowest BCUT2D eigenvalue weighted by molar-refractivity contribution is 0.0697. The van der Waals surface area contributed by atoms with Crippen molar-refractivity contribution in [3.05, 3.63) is 96.5 Å². The minimum Gasteiger partial charge on any atom is -0.478 e. The van der Waals surface area contributed by atoms with Gasteiger partial charge in [-0.25, -0.2) is 4.79 Å². The number of carboxylic acids is 1. The highest BCUT2D eigenvalue weighted by molar-refractivity contribution is 8.00. The number of aromatic carboxylic acids is 1. The van der Waals surface area contributed by atoms with Crippen LogP contribution in [0, 0.1) is 0 Å². The first-order valence-electron chi connectivity index (χ1n) is 7.75. The molecule has 2 aromatic carbocycles. The number of allylic oxidation sites excluding steroid dienone is 3. The Morgan fingerprint density at radius 1 is 0.958 bits per heavy atom. The standard InChI is InChI=1S/C19H16O2S.C2H6/c1-3-8-16(4-2)22(17-9-6-5-7-10-17)18-13-11-15(12-14-18)19(20)21;1-2/h3-14H,1-2H2;1-2H3/p+1/b16-8+;. The average molecular weight is 339 g/mol. The predicted molar refractivity (Wildman–Crippen MR) is 104 cm³/mol. The number of rotatable bonds is 6. The summed E-state index contributed by atoms with van der Waals surface area (Å²) in [5, 5.41) is 9.03. The third kappa shape index (κ3) is 5.00. The molecule has 2 nitrogen and oxygen atoms in total. The van der Waals surface area contributed by atoms with Gasteiger partial charge in [-0.15, -0.1) is 0 Å². The Bertz CT molecular complexity index is 700. The molecule has 0 amide bonds. The summed E-state index contributed by atoms with van der Waals surface area (Å²) < 4.78 is 0. The molecule has 0 saturated carbocycles. The van der Waals surface area contributed by atoms with E-state index in [0.717, 1.165) is 14.7 Å². The zero-order chi connectivity index (χ0) is 17.9. The van der Waals surface area contributed by atoms with E-state index in [9.17, 15) is 4.79 Å². The molecule has 2 rings (SSSR count). The first-order chi connectivity index (χ1) is 11.7. The van der Waals surface area contributed by atoms with Gasteiger partial charge in [0.2, 0.25) is 0 Å². The fourth-order valence-corrected chi connectivity index (χ4v) is 4.09. The second kappa shape index (κ2) is 10.3. The SMILES string of the molecule is C=C/C=C(\C=C)[S+](c1ccccc1)c1ccc(C(=O)O)cc1.CC. The largest absolute Gasteiger partial charge is 0.478 e. The molecule has 0 saturated heterocycles. The van der Waals surface area contributed by atoms with Gasteiger partial charge in [0.25, 0.3) is 0 Å². The van der Waals surface area contributed by atoms with Crippen molar-refractivity contribution in [3.8, 4) is 0 Å². The second-order valence-corrected chi connectivity index (χ2v) is 6.48. The smallest absolute Gasteiger partial charge is 0.335 e. The first kappa shape index (κ1) is 19.5. The molecule has 0 heterocycles. The van der Waals surface area contributed by atoms with Crippen molar-refractivity contribution < 1.29 is 9.90 Å². The topological polar surface area (TPSA) is 37.3 Å². The second-order valence-electron chi connectivity index (χ2n) is 4.46. The Labute approximate surface area is 147 Å². The highest BCUT2D eigenvalue weighted by atomic mass is 32.2. The molecule has 0 aliphatic carbocycles. The molecule has 2 aromatic rings. The Morgan fingerprint density at radius 3 is 1.96 bits per heavy atom. The molecule has 0 aromatic heterocycles. The van der Waals surface area contributed by atoms with Crippen LogP contribution in [0.5, 0.6) is 0 Å². The van der Waals surface area contributed by atoms with Gasteiger partial charge in [-0.2, -0.15) is 0 Å². The normalized spacial score (nSPS) is 11.7. The average Bonchev–Trinajstić information content (AvgIpc) is 2.64. The molecule has 124 valence electrons. The molecule has 0 fully saturated rings. The first-order valence-corrected chi connectivity index (χ1v) is 8.97. The van der Waals surface area contributed by atoms with Crippen LogP contribution in [0.1, 0.15) is 24.2 Å². The zero-order valence-electron chi connectivity index (χ0n) is 14.1. The summed E-state index contributed by atoms with van der Waals surface area (Å²) >= 11 is 0. The van der Waals surface area contributed by atoms with E-state index in [1.54, 1.807) is 18.2 Å². The van der Waals surface area contributed by atoms with Crippen molar-refractivity contribution in [2.75, 3.05) is 0 Å². The maximum absolute atomic E-state index is 11.0. The highest BCUT2D eigenvalue weighted by Crippen LogP contribution is 2.31. The van der Waals surface area contributed by atoms with Gasteiger partial charge in [0.15, 0.2) is 14.7 Å². The van der Waals surface area contributed by atoms with E-state index in [1.807, 2.05) is 56.3 Å². The van der Waals surface area contributed by atoms with Gasteiger partial charge in [0.1, 0.15) is 0 Å². The fraction of sp³-hybridized carbons (Fsp3) is 0.0952. The van der Waals surface area contributed by atoms with E-state index in [4.69, 9.17) is 5.11 Å². The molecule has 0 radical (unpaired) electrons. The van der Waals surface area contributed by atoms with E-state index in [2.05, 4.69) is 25.3 Å². The highest BCUT2D eigenvalue weighted by Gasteiger charge is 2.29. The van der Waals surface area contributed by atoms with Gasteiger partial charge in [-0.05, 0) is 48.6 Å². The summed E-state index contributed by atoms with van der Waals surface area (Å²) in [6.07, 6.45) is 5.50. The van der Waals surface area contributed by atoms with Crippen molar-refractivity contribution >= 4 is 16.9 Å². The monoisotopic (exact) mass is 339 g/mol. The van der Waals surface area contributed by atoms with Gasteiger partial charge in [0, 0.05) is 0 Å². The fourth-order valence-electron chi connectivity index (χ4n) is 2.03. The van der Waals surface area contributed by atoms with Crippen molar-refractivity contribution in [1.29, 1.82) is 0 Å². The maximum Gasteiger partial charge on any atom is 0.335 e. The van der Waals surface area contributed by atoms with Crippen molar-refractivity contribution in [1.82, 2.24) is 0 Å². The Morgan fingerprint density at radius 2 is 1.50 bits per heavy atom. The Kier molecular flexibility index (Phi) is 8.37. The van der Waals surface area contributed by atoms with Crippen LogP contribution >= 0.6 is 0 Å². The van der Waals surface area contributed by atoms with Crippen LogP contribution in [0.25, 0.3) is 0 Å². The molecule has 0 bridgehead atoms. The number of hydrogen-bond acceptors (Lipinski definition) is 1. The third-order valence-corrected chi connectivity index (χ3v) is 5.30. The molecule has 1 N–H and O–H groups in total. The predicted octanol–water partition coefficient (Wildman–Crippen LogP) is 5.70. The Hall–Kier alpha value is -2.52. The van der Waals surface area contributed by atoms with Crippen molar-refractivity contribution in [2.24, 2.45) is 0 Å². The Balaban J connectivity index is 0.00000139. The summed E-state index contributed by atoms with van der Waals surface area (Å²) in [6, 6.07) is 17.1. The number of hydrogen-bond donors (Lipinski definition) is 1. The van der Waals surface area contributed by atoms with E-state index < -0.39 is 5.97 Å². The molecule has 1 unspecified atom stereocenters. The van der Waals surface area contributed by atoms with E-state index >= 15 is 0 Å². The molecular formula is C21H23O2S+. The van der Waals surface area contributed by atoms with E-state index in [1.165, 1.54) is 0 Å². The van der Waals surface area contributed by atoms with Crippen LogP contribution in [0.4, 0.5) is 0 Å². The molecule has 0 spiro atoms. The summed E-state index contributed by atoms with van der Waals surface area (Å²) in [6.45, 7) is 11.7. The maximum atomic E-state index is 11.0. The molecule has 3 heteroatoms. The van der Waals surface area contributed by atoms with Gasteiger partial charge >= 0.3 is 5.97 Å². The minimum atomic E-state index is -0.920. The van der Waals surface area contributed by atoms with E-state index in [-0.39, 0.29) is 16.5 Å². The van der Waals surface area contributed by atoms with Crippen LogP contribution in [-0.2, 0) is 10.9 Å². The van der Waals surface area contributed by atoms with Gasteiger partial charge in [-0.1, -0.05) is 51.3 Å².